The van der Waals surface area contributed by atoms with E-state index in [0.717, 1.165) is 258 Å². The number of primary amides is 1. The second-order valence-electron chi connectivity index (χ2n) is 40.0. The first-order chi connectivity index (χ1) is 61.2. The first-order valence-corrected chi connectivity index (χ1v) is 50.5. The van der Waals surface area contributed by atoms with Gasteiger partial charge in [-0.05, 0) is 335 Å². The quantitative estimate of drug-likeness (QED) is 0.121. The summed E-state index contributed by atoms with van der Waals surface area (Å²) in [5.74, 6) is 5.16. The summed E-state index contributed by atoms with van der Waals surface area (Å²) in [6.45, 7) is 27.1. The number of aryl methyl sites for hydroxylation is 6. The monoisotopic (exact) mass is 1890 g/mol. The van der Waals surface area contributed by atoms with Crippen molar-refractivity contribution >= 4 is 110 Å². The lowest BCUT2D eigenvalue weighted by Gasteiger charge is -2.51. The van der Waals surface area contributed by atoms with E-state index in [-0.39, 0.29) is 53.3 Å². The molecule has 7 amide bonds. The van der Waals surface area contributed by atoms with Crippen molar-refractivity contribution in [2.75, 3.05) is 124 Å². The highest BCUT2D eigenvalue weighted by Gasteiger charge is 2.45. The Balaban J connectivity index is 0.000000140. The number of carbonyl (C=O) groups excluding carboxylic acids is 6. The summed E-state index contributed by atoms with van der Waals surface area (Å²) < 4.78 is 1.03. The highest BCUT2D eigenvalue weighted by molar-refractivity contribution is 9.10. The maximum absolute atomic E-state index is 13.7. The van der Waals surface area contributed by atoms with Crippen molar-refractivity contribution in [1.29, 1.82) is 0 Å². The molecule has 20 nitrogen and oxygen atoms in total. The highest BCUT2D eigenvalue weighted by Crippen LogP contribution is 2.47. The highest BCUT2D eigenvalue weighted by atomic mass is 79.9. The molecule has 3 aromatic heterocycles. The molecule has 12 aliphatic rings. The van der Waals surface area contributed by atoms with Gasteiger partial charge in [-0.3, -0.25) is 58.5 Å². The zero-order chi connectivity index (χ0) is 88.9. The molecule has 684 valence electrons. The SMILES string of the molecule is CC(=O)N1CCC(CC(=O)N2CCC(C3CCN(C4c5ccc(Cl)cc5CCc5cc(Cl)cnc54)CC3)CC2)CC1.CC(=O)N1CCC(CC(=O)N2CCN(C3CCN(C4c5ccc(Cl)cc5CCc5cc(Br)cnc54)CC3)CC2C(C)(C)C)CC1.NC(=O)N1CCC(CC(=O)N2CCC(C3CCN(C4c5ccc(Cl)cc5CCc5cc(Cl)cnc54)CC3)CC2)CC1. The number of likely N-dealkylation sites (tertiary alicyclic amines) is 8. The molecule has 3 aromatic carbocycles. The minimum absolute atomic E-state index is 0.00200. The minimum atomic E-state index is -0.349. The number of benzene rings is 3. The predicted octanol–water partition coefficient (Wildman–Crippen LogP) is 18.2. The standard InChI is InChI=1S/C36H49BrClN5O2.C33H42Cl2N4O2.C32H41Cl2N5O2/c1-24(44)40-13-9-25(10-14-40)19-33(45)43-18-17-42(23-32(43)36(2,3)4)30-11-15-41(16-12-30)35-31-8-7-29(38)21-26(31)5-6-27-20-28(37)22-39-34(27)35;1-22(40)37-12-6-23(7-13-37)18-31(41)38-14-8-24(9-15-38)25-10-16-39(17-11-25)33-30-5-4-28(34)19-26(30)2-3-27-20-29(35)21-36-32(27)33;33-26-3-4-28-24(18-26)1-2-25-19-27(34)20-36-30(25)31(28)38-15-9-23(10-16-38)22-7-13-37(14-8-22)29(40)17-21-5-11-39(12-6-21)32(35)41/h7-8,20-22,25,30,32,35H,5-6,9-19,23H2,1-4H3;4-5,19-21,23-25,33H,2-3,6-18H2,1H3;3-4,18-23,31H,1-2,5-17H2,(H2,35,41). The Labute approximate surface area is 786 Å². The van der Waals surface area contributed by atoms with Gasteiger partial charge in [0.05, 0.1) is 45.3 Å². The number of hydrogen-bond acceptors (Lipinski definition) is 13. The number of nitrogens with two attached hydrogens (primary N) is 1. The molecule has 9 fully saturated rings. The van der Waals surface area contributed by atoms with E-state index in [0.29, 0.717) is 102 Å². The molecule has 4 unspecified atom stereocenters. The molecule has 18 rings (SSSR count). The molecule has 127 heavy (non-hydrogen) atoms. The maximum Gasteiger partial charge on any atom is 0.314 e. The third-order valence-electron chi connectivity index (χ3n) is 31.4. The van der Waals surface area contributed by atoms with Crippen LogP contribution in [0.15, 0.2) is 95.9 Å². The summed E-state index contributed by atoms with van der Waals surface area (Å²) in [7, 11) is 0. The second-order valence-corrected chi connectivity index (χ2v) is 43.1. The minimum Gasteiger partial charge on any atom is -0.351 e. The number of fused-ring (bicyclic) bond motifs is 6. The van der Waals surface area contributed by atoms with Crippen molar-refractivity contribution in [2.45, 2.75) is 225 Å². The summed E-state index contributed by atoms with van der Waals surface area (Å²) in [6, 6.07) is 26.3. The Morgan fingerprint density at radius 3 is 1.04 bits per heavy atom. The fourth-order valence-corrected chi connectivity index (χ4v) is 25.3. The van der Waals surface area contributed by atoms with Crippen LogP contribution in [0.3, 0.4) is 0 Å². The normalized spacial score (nSPS) is 23.5. The van der Waals surface area contributed by atoms with Gasteiger partial charge >= 0.3 is 6.03 Å². The number of piperidine rings is 8. The molecule has 0 radical (unpaired) electrons. The average Bonchev–Trinajstić information content (AvgIpc) is 1.72. The largest absolute Gasteiger partial charge is 0.351 e. The van der Waals surface area contributed by atoms with Crippen LogP contribution in [-0.2, 0) is 62.5 Å². The number of amides is 7. The van der Waals surface area contributed by atoms with Gasteiger partial charge in [0.1, 0.15) is 0 Å². The van der Waals surface area contributed by atoms with Crippen LogP contribution in [-0.4, -0.2) is 236 Å². The first kappa shape index (κ1) is 93.7. The Bertz CT molecular complexity index is 4520. The lowest BCUT2D eigenvalue weighted by molar-refractivity contribution is -0.142. The van der Waals surface area contributed by atoms with Crippen LogP contribution in [0.25, 0.3) is 0 Å². The van der Waals surface area contributed by atoms with E-state index in [1.54, 1.807) is 31.1 Å². The molecule has 2 N–H and O–H groups in total. The number of halogens is 6. The summed E-state index contributed by atoms with van der Waals surface area (Å²) in [5.41, 5.74) is 20.7. The van der Waals surface area contributed by atoms with E-state index in [1.807, 2.05) is 34.2 Å². The fourth-order valence-electron chi connectivity index (χ4n) is 23.9. The van der Waals surface area contributed by atoms with E-state index in [2.05, 4.69) is 126 Å². The van der Waals surface area contributed by atoms with E-state index in [4.69, 9.17) is 78.7 Å². The van der Waals surface area contributed by atoms with Crippen LogP contribution >= 0.6 is 73.9 Å². The number of urea groups is 1. The summed E-state index contributed by atoms with van der Waals surface area (Å²) in [4.78, 5) is 112. The zero-order valence-corrected chi connectivity index (χ0v) is 80.7. The molecular weight excluding hydrogens is 1760 g/mol. The molecule has 0 saturated carbocycles. The summed E-state index contributed by atoms with van der Waals surface area (Å²) in [5, 5.41) is 3.78. The summed E-state index contributed by atoms with van der Waals surface area (Å²) >= 11 is 35.7. The lowest BCUT2D eigenvalue weighted by atomic mass is 9.78. The zero-order valence-electron chi connectivity index (χ0n) is 75.3. The van der Waals surface area contributed by atoms with E-state index >= 15 is 0 Å². The third-order valence-corrected chi connectivity index (χ3v) is 33.0. The molecule has 9 saturated heterocycles. The fraction of sp³-hybridized carbons (Fsp3) is 0.614. The van der Waals surface area contributed by atoms with Crippen molar-refractivity contribution in [3.63, 3.8) is 0 Å². The van der Waals surface area contributed by atoms with Gasteiger partial charge in [0.25, 0.3) is 0 Å². The van der Waals surface area contributed by atoms with Crippen molar-refractivity contribution in [3.8, 4) is 0 Å². The van der Waals surface area contributed by atoms with Gasteiger partial charge in [0.2, 0.25) is 29.5 Å². The van der Waals surface area contributed by atoms with E-state index < -0.39 is 0 Å². The Morgan fingerprint density at radius 2 is 0.677 bits per heavy atom. The third kappa shape index (κ3) is 22.7. The summed E-state index contributed by atoms with van der Waals surface area (Å²) in [6.07, 6.45) is 30.0. The van der Waals surface area contributed by atoms with Gasteiger partial charge < -0.3 is 35.1 Å². The number of pyridine rings is 3. The number of aromatic nitrogens is 3. The topological polar surface area (TPSA) is 200 Å². The van der Waals surface area contributed by atoms with Gasteiger partial charge in [0.15, 0.2) is 0 Å². The smallest absolute Gasteiger partial charge is 0.314 e. The van der Waals surface area contributed by atoms with Gasteiger partial charge in [-0.15, -0.1) is 0 Å². The second kappa shape index (κ2) is 42.2. The molecule has 4 atom stereocenters. The van der Waals surface area contributed by atoms with Crippen LogP contribution in [0, 0.1) is 46.8 Å². The van der Waals surface area contributed by atoms with E-state index in [1.165, 1.54) is 81.4 Å². The van der Waals surface area contributed by atoms with Gasteiger partial charge in [0, 0.05) is 181 Å². The molecule has 3 aliphatic carbocycles. The van der Waals surface area contributed by atoms with Gasteiger partial charge in [-0.25, -0.2) is 4.79 Å². The Morgan fingerprint density at radius 1 is 0.362 bits per heavy atom. The van der Waals surface area contributed by atoms with Crippen molar-refractivity contribution in [1.82, 2.24) is 64.0 Å². The molecule has 6 aromatic rings. The maximum atomic E-state index is 13.7. The van der Waals surface area contributed by atoms with Gasteiger partial charge in [-0.2, -0.15) is 0 Å². The predicted molar refractivity (Wildman–Crippen MR) is 509 cm³/mol. The van der Waals surface area contributed by atoms with E-state index in [9.17, 15) is 28.8 Å². The number of nitrogens with zero attached hydrogens (tertiary/aromatic N) is 13. The number of hydrogen-bond donors (Lipinski definition) is 1. The molecular formula is C101H132BrCl5N14O6. The Hall–Kier alpha value is -6.50. The number of piperazine rings is 1. The number of rotatable bonds is 12. The van der Waals surface area contributed by atoms with Crippen molar-refractivity contribution in [3.05, 3.63) is 188 Å². The average molecular weight is 1900 g/mol. The molecule has 0 spiro atoms. The molecule has 26 heteroatoms. The molecule has 12 heterocycles. The number of carbonyl (C=O) groups is 6. The van der Waals surface area contributed by atoms with Gasteiger partial charge in [-0.1, -0.05) is 97.0 Å². The van der Waals surface area contributed by atoms with Crippen LogP contribution in [0.2, 0.25) is 25.1 Å². The van der Waals surface area contributed by atoms with Crippen molar-refractivity contribution < 1.29 is 28.8 Å². The van der Waals surface area contributed by atoms with Crippen molar-refractivity contribution in [2.24, 2.45) is 52.6 Å². The van der Waals surface area contributed by atoms with Crippen LogP contribution < -0.4 is 5.73 Å². The van der Waals surface area contributed by atoms with Crippen LogP contribution in [0.5, 0.6) is 0 Å². The molecule has 9 aliphatic heterocycles. The Kier molecular flexibility index (Phi) is 31.1. The lowest BCUT2D eigenvalue weighted by Crippen LogP contribution is -2.62. The van der Waals surface area contributed by atoms with Crippen LogP contribution in [0.1, 0.15) is 242 Å². The molecule has 0 bridgehead atoms. The first-order valence-electron chi connectivity index (χ1n) is 47.8. The van der Waals surface area contributed by atoms with Crippen LogP contribution in [0.4, 0.5) is 4.79 Å².